The van der Waals surface area contributed by atoms with Crippen LogP contribution in [-0.2, 0) is 0 Å². The second kappa shape index (κ2) is 5.89. The highest BCUT2D eigenvalue weighted by Gasteiger charge is 2.17. The van der Waals surface area contributed by atoms with E-state index >= 15 is 0 Å². The molecule has 0 aliphatic carbocycles. The number of thioether (sulfide) groups is 1. The van der Waals surface area contributed by atoms with Crippen molar-refractivity contribution >= 4 is 23.4 Å². The molecule has 0 aliphatic heterocycles. The summed E-state index contributed by atoms with van der Waals surface area (Å²) in [5, 5.41) is 4.05. The highest BCUT2D eigenvalue weighted by molar-refractivity contribution is 7.99. The van der Waals surface area contributed by atoms with Gasteiger partial charge in [-0.25, -0.2) is 4.98 Å². The number of aromatic nitrogens is 1. The van der Waals surface area contributed by atoms with Crippen LogP contribution in [0.4, 0.5) is 0 Å². The third kappa shape index (κ3) is 4.32. The van der Waals surface area contributed by atoms with Gasteiger partial charge in [0.25, 0.3) is 0 Å². The number of nitrogens with one attached hydrogen (secondary N) is 1. The van der Waals surface area contributed by atoms with E-state index in [9.17, 15) is 0 Å². The van der Waals surface area contributed by atoms with Crippen LogP contribution in [0.5, 0.6) is 0 Å². The molecule has 16 heavy (non-hydrogen) atoms. The zero-order valence-electron chi connectivity index (χ0n) is 10.2. The van der Waals surface area contributed by atoms with Gasteiger partial charge in [-0.15, -0.1) is 0 Å². The summed E-state index contributed by atoms with van der Waals surface area (Å²) in [5.41, 5.74) is 1.17. The zero-order valence-corrected chi connectivity index (χ0v) is 11.8. The standard InChI is InChI=1S/C12H19ClN2S/c1-9(15-8-12(2,3)16-4)10-5-6-11(13)14-7-10/h5-7,9,15H,8H2,1-4H3. The molecule has 1 rings (SSSR count). The predicted octanol–water partition coefficient (Wildman–Crippen LogP) is 3.53. The molecule has 0 amide bonds. The zero-order chi connectivity index (χ0) is 12.2. The van der Waals surface area contributed by atoms with Crippen LogP contribution in [-0.4, -0.2) is 22.5 Å². The topological polar surface area (TPSA) is 24.9 Å². The predicted molar refractivity (Wildman–Crippen MR) is 73.3 cm³/mol. The second-order valence-corrected chi connectivity index (χ2v) is 6.38. The third-order valence-corrected chi connectivity index (χ3v) is 4.11. The number of hydrogen-bond donors (Lipinski definition) is 1. The highest BCUT2D eigenvalue weighted by atomic mass is 35.5. The van der Waals surface area contributed by atoms with Crippen LogP contribution in [0.1, 0.15) is 32.4 Å². The molecule has 0 saturated heterocycles. The van der Waals surface area contributed by atoms with Gasteiger partial charge in [0.1, 0.15) is 5.15 Å². The molecule has 0 bridgehead atoms. The first kappa shape index (κ1) is 13.8. The van der Waals surface area contributed by atoms with Crippen LogP contribution in [0.25, 0.3) is 0 Å². The Bertz CT molecular complexity index is 324. The monoisotopic (exact) mass is 258 g/mol. The summed E-state index contributed by atoms with van der Waals surface area (Å²) in [7, 11) is 0. The van der Waals surface area contributed by atoms with Gasteiger partial charge in [0, 0.05) is 23.5 Å². The van der Waals surface area contributed by atoms with Gasteiger partial charge in [0.05, 0.1) is 0 Å². The fourth-order valence-corrected chi connectivity index (χ4v) is 1.57. The van der Waals surface area contributed by atoms with E-state index < -0.39 is 0 Å². The van der Waals surface area contributed by atoms with Crippen molar-refractivity contribution in [2.75, 3.05) is 12.8 Å². The maximum Gasteiger partial charge on any atom is 0.129 e. The quantitative estimate of drug-likeness (QED) is 0.818. The molecule has 1 aromatic rings. The van der Waals surface area contributed by atoms with Gasteiger partial charge in [-0.3, -0.25) is 0 Å². The van der Waals surface area contributed by atoms with Crippen LogP contribution in [0.15, 0.2) is 18.3 Å². The molecular formula is C12H19ClN2S. The lowest BCUT2D eigenvalue weighted by Crippen LogP contribution is -2.33. The summed E-state index contributed by atoms with van der Waals surface area (Å²) in [6.07, 6.45) is 3.96. The summed E-state index contributed by atoms with van der Waals surface area (Å²) in [5.74, 6) is 0. The van der Waals surface area contributed by atoms with E-state index in [1.54, 1.807) is 0 Å². The average molecular weight is 259 g/mol. The molecule has 2 nitrogen and oxygen atoms in total. The Hall–Kier alpha value is -0.250. The van der Waals surface area contributed by atoms with Crippen LogP contribution >= 0.6 is 23.4 Å². The van der Waals surface area contributed by atoms with E-state index in [2.05, 4.69) is 37.3 Å². The minimum Gasteiger partial charge on any atom is -0.309 e. The van der Waals surface area contributed by atoms with E-state index in [1.807, 2.05) is 30.1 Å². The fourth-order valence-electron chi connectivity index (χ4n) is 1.23. The molecule has 0 radical (unpaired) electrons. The van der Waals surface area contributed by atoms with Gasteiger partial charge in [-0.05, 0) is 38.7 Å². The molecule has 0 aromatic carbocycles. The number of rotatable bonds is 5. The number of hydrogen-bond acceptors (Lipinski definition) is 3. The van der Waals surface area contributed by atoms with Crippen molar-refractivity contribution in [2.45, 2.75) is 31.6 Å². The molecule has 0 spiro atoms. The first-order valence-electron chi connectivity index (χ1n) is 5.34. The Morgan fingerprint density at radius 3 is 2.69 bits per heavy atom. The average Bonchev–Trinajstić information content (AvgIpc) is 2.27. The van der Waals surface area contributed by atoms with Gasteiger partial charge in [-0.2, -0.15) is 11.8 Å². The minimum absolute atomic E-state index is 0.258. The Morgan fingerprint density at radius 1 is 1.50 bits per heavy atom. The van der Waals surface area contributed by atoms with Crippen molar-refractivity contribution in [2.24, 2.45) is 0 Å². The molecule has 1 atom stereocenters. The van der Waals surface area contributed by atoms with Crippen molar-refractivity contribution in [3.05, 3.63) is 29.0 Å². The molecule has 1 unspecified atom stereocenters. The molecule has 0 aliphatic rings. The largest absolute Gasteiger partial charge is 0.309 e. The van der Waals surface area contributed by atoms with Crippen molar-refractivity contribution in [1.29, 1.82) is 0 Å². The van der Waals surface area contributed by atoms with Crippen molar-refractivity contribution in [3.8, 4) is 0 Å². The Morgan fingerprint density at radius 2 is 2.19 bits per heavy atom. The fraction of sp³-hybridized carbons (Fsp3) is 0.583. The summed E-state index contributed by atoms with van der Waals surface area (Å²) in [6.45, 7) is 7.58. The number of halogens is 1. The lowest BCUT2D eigenvalue weighted by molar-refractivity contribution is 0.521. The summed E-state index contributed by atoms with van der Waals surface area (Å²) < 4.78 is 0.258. The smallest absolute Gasteiger partial charge is 0.129 e. The SMILES string of the molecule is CSC(C)(C)CNC(C)c1ccc(Cl)nc1. The lowest BCUT2D eigenvalue weighted by atomic mass is 10.1. The second-order valence-electron chi connectivity index (χ2n) is 4.48. The summed E-state index contributed by atoms with van der Waals surface area (Å²) in [4.78, 5) is 4.09. The molecule has 90 valence electrons. The minimum atomic E-state index is 0.258. The molecule has 1 aromatic heterocycles. The lowest BCUT2D eigenvalue weighted by Gasteiger charge is -2.25. The first-order chi connectivity index (χ1) is 7.44. The molecule has 1 N–H and O–H groups in total. The van der Waals surface area contributed by atoms with Gasteiger partial charge < -0.3 is 5.32 Å². The maximum absolute atomic E-state index is 5.75. The van der Waals surface area contributed by atoms with E-state index in [0.29, 0.717) is 11.2 Å². The third-order valence-electron chi connectivity index (χ3n) is 2.64. The normalized spacial score (nSPS) is 13.8. The van der Waals surface area contributed by atoms with Crippen molar-refractivity contribution in [3.63, 3.8) is 0 Å². The van der Waals surface area contributed by atoms with Crippen LogP contribution < -0.4 is 5.32 Å². The molecule has 4 heteroatoms. The molecule has 0 saturated carbocycles. The van der Waals surface area contributed by atoms with Crippen molar-refractivity contribution in [1.82, 2.24) is 10.3 Å². The van der Waals surface area contributed by atoms with Crippen LogP contribution in [0.2, 0.25) is 5.15 Å². The van der Waals surface area contributed by atoms with Crippen LogP contribution in [0, 0.1) is 0 Å². The highest BCUT2D eigenvalue weighted by Crippen LogP contribution is 2.21. The Kier molecular flexibility index (Phi) is 5.09. The van der Waals surface area contributed by atoms with E-state index in [-0.39, 0.29) is 4.75 Å². The summed E-state index contributed by atoms with van der Waals surface area (Å²) >= 11 is 7.62. The first-order valence-corrected chi connectivity index (χ1v) is 6.95. The van der Waals surface area contributed by atoms with Gasteiger partial charge in [0.15, 0.2) is 0 Å². The molecule has 1 heterocycles. The van der Waals surface area contributed by atoms with E-state index in [1.165, 1.54) is 5.56 Å². The Balaban J connectivity index is 2.53. The van der Waals surface area contributed by atoms with Gasteiger partial charge in [0.2, 0.25) is 0 Å². The molecular weight excluding hydrogens is 240 g/mol. The van der Waals surface area contributed by atoms with E-state index in [0.717, 1.165) is 6.54 Å². The van der Waals surface area contributed by atoms with Gasteiger partial charge in [-0.1, -0.05) is 17.7 Å². The number of nitrogens with zero attached hydrogens (tertiary/aromatic N) is 1. The maximum atomic E-state index is 5.75. The van der Waals surface area contributed by atoms with E-state index in [4.69, 9.17) is 11.6 Å². The van der Waals surface area contributed by atoms with Crippen molar-refractivity contribution < 1.29 is 0 Å². The van der Waals surface area contributed by atoms with Gasteiger partial charge >= 0.3 is 0 Å². The summed E-state index contributed by atoms with van der Waals surface area (Å²) in [6, 6.07) is 4.14. The molecule has 0 fully saturated rings. The van der Waals surface area contributed by atoms with Crippen LogP contribution in [0.3, 0.4) is 0 Å². The Labute approximate surface area is 107 Å². The number of pyridine rings is 1.